The Labute approximate surface area is 118 Å². The van der Waals surface area contributed by atoms with Crippen molar-refractivity contribution in [3.05, 3.63) is 23.0 Å². The molecule has 1 atom stereocenters. The highest BCUT2D eigenvalue weighted by Crippen LogP contribution is 2.30. The fourth-order valence-corrected chi connectivity index (χ4v) is 3.02. The van der Waals surface area contributed by atoms with Gasteiger partial charge < -0.3 is 5.32 Å². The summed E-state index contributed by atoms with van der Waals surface area (Å²) in [5.74, 6) is 0. The van der Waals surface area contributed by atoms with Crippen LogP contribution in [0.3, 0.4) is 0 Å². The van der Waals surface area contributed by atoms with E-state index >= 15 is 0 Å². The van der Waals surface area contributed by atoms with Gasteiger partial charge in [0.25, 0.3) is 0 Å². The number of thiazole rings is 1. The average Bonchev–Trinajstić information content (AvgIpc) is 3.01. The molecule has 4 nitrogen and oxygen atoms in total. The van der Waals surface area contributed by atoms with Gasteiger partial charge >= 0.3 is 0 Å². The van der Waals surface area contributed by atoms with Crippen molar-refractivity contribution in [2.45, 2.75) is 39.7 Å². The maximum Gasteiger partial charge on any atom is 0.127 e. The van der Waals surface area contributed by atoms with Gasteiger partial charge in [0.15, 0.2) is 0 Å². The number of aromatic nitrogens is 3. The van der Waals surface area contributed by atoms with Crippen LogP contribution in [0.5, 0.6) is 0 Å². The lowest BCUT2D eigenvalue weighted by Crippen LogP contribution is -2.18. The molecule has 0 amide bonds. The van der Waals surface area contributed by atoms with E-state index in [2.05, 4.69) is 42.4 Å². The predicted molar refractivity (Wildman–Crippen MR) is 80.4 cm³/mol. The maximum absolute atomic E-state index is 4.56. The Morgan fingerprint density at radius 2 is 2.21 bits per heavy atom. The van der Waals surface area contributed by atoms with Gasteiger partial charge in [0, 0.05) is 30.4 Å². The number of rotatable bonds is 6. The Morgan fingerprint density at radius 1 is 1.42 bits per heavy atom. The zero-order valence-corrected chi connectivity index (χ0v) is 12.9. The summed E-state index contributed by atoms with van der Waals surface area (Å²) in [4.78, 5) is 5.85. The van der Waals surface area contributed by atoms with Crippen LogP contribution in [-0.4, -0.2) is 21.3 Å². The van der Waals surface area contributed by atoms with Gasteiger partial charge in [0.1, 0.15) is 5.01 Å². The van der Waals surface area contributed by atoms with Crippen molar-refractivity contribution in [1.82, 2.24) is 20.1 Å². The van der Waals surface area contributed by atoms with E-state index in [1.807, 2.05) is 17.9 Å². The summed E-state index contributed by atoms with van der Waals surface area (Å²) in [6.07, 6.45) is 6.14. The lowest BCUT2D eigenvalue weighted by molar-refractivity contribution is 0.577. The minimum atomic E-state index is 0.368. The van der Waals surface area contributed by atoms with Crippen molar-refractivity contribution in [2.75, 3.05) is 6.54 Å². The minimum Gasteiger partial charge on any atom is -0.309 e. The van der Waals surface area contributed by atoms with Crippen LogP contribution in [0.4, 0.5) is 0 Å². The molecule has 0 aliphatic rings. The molecule has 0 fully saturated rings. The van der Waals surface area contributed by atoms with Gasteiger partial charge in [0.05, 0.1) is 11.3 Å². The van der Waals surface area contributed by atoms with E-state index in [0.717, 1.165) is 30.1 Å². The summed E-state index contributed by atoms with van der Waals surface area (Å²) in [6, 6.07) is 0.368. The Hall–Kier alpha value is -1.20. The van der Waals surface area contributed by atoms with Gasteiger partial charge in [0.2, 0.25) is 0 Å². The molecule has 0 aromatic carbocycles. The molecule has 2 aromatic heterocycles. The summed E-state index contributed by atoms with van der Waals surface area (Å²) in [5, 5.41) is 9.05. The first-order chi connectivity index (χ1) is 9.15. The van der Waals surface area contributed by atoms with Crippen LogP contribution in [0.1, 0.15) is 43.8 Å². The molecular formula is C14H22N4S. The first kappa shape index (κ1) is 14.2. The van der Waals surface area contributed by atoms with E-state index in [4.69, 9.17) is 0 Å². The molecule has 0 saturated carbocycles. The maximum atomic E-state index is 4.56. The molecule has 0 spiro atoms. The van der Waals surface area contributed by atoms with Crippen molar-refractivity contribution < 1.29 is 0 Å². The smallest absolute Gasteiger partial charge is 0.127 e. The molecule has 2 rings (SSSR count). The van der Waals surface area contributed by atoms with Gasteiger partial charge in [-0.25, -0.2) is 4.98 Å². The number of nitrogens with one attached hydrogen (secondary N) is 1. The van der Waals surface area contributed by atoms with Gasteiger partial charge in [-0.15, -0.1) is 11.3 Å². The van der Waals surface area contributed by atoms with Crippen molar-refractivity contribution in [3.63, 3.8) is 0 Å². The third-order valence-electron chi connectivity index (χ3n) is 3.12. The lowest BCUT2D eigenvalue weighted by atomic mass is 10.2. The monoisotopic (exact) mass is 278 g/mol. The second kappa shape index (κ2) is 6.30. The average molecular weight is 278 g/mol. The second-order valence-corrected chi connectivity index (χ2v) is 5.82. The number of nitrogens with zero attached hydrogens (tertiary/aromatic N) is 3. The highest BCUT2D eigenvalue weighted by molar-refractivity contribution is 7.15. The van der Waals surface area contributed by atoms with E-state index in [0.29, 0.717) is 6.04 Å². The van der Waals surface area contributed by atoms with Gasteiger partial charge in [-0.2, -0.15) is 5.10 Å². The van der Waals surface area contributed by atoms with Gasteiger partial charge in [-0.1, -0.05) is 13.8 Å². The largest absolute Gasteiger partial charge is 0.309 e. The Kier molecular flexibility index (Phi) is 4.71. The zero-order chi connectivity index (χ0) is 13.8. The van der Waals surface area contributed by atoms with Crippen molar-refractivity contribution >= 4 is 11.3 Å². The molecule has 0 aliphatic carbocycles. The fourth-order valence-electron chi connectivity index (χ4n) is 2.05. The van der Waals surface area contributed by atoms with E-state index in [-0.39, 0.29) is 0 Å². The quantitative estimate of drug-likeness (QED) is 0.882. The third kappa shape index (κ3) is 3.22. The number of hydrogen-bond acceptors (Lipinski definition) is 4. The minimum absolute atomic E-state index is 0.368. The van der Waals surface area contributed by atoms with E-state index in [1.54, 1.807) is 11.3 Å². The van der Waals surface area contributed by atoms with Crippen LogP contribution >= 0.6 is 11.3 Å². The SMILES string of the molecule is CCCNC(C)c1cnc(-c2cn(C)nc2CC)s1. The molecule has 0 bridgehead atoms. The highest BCUT2D eigenvalue weighted by Gasteiger charge is 2.14. The number of hydrogen-bond donors (Lipinski definition) is 1. The fraction of sp³-hybridized carbons (Fsp3) is 0.571. The van der Waals surface area contributed by atoms with Crippen LogP contribution in [0.2, 0.25) is 0 Å². The Morgan fingerprint density at radius 3 is 2.89 bits per heavy atom. The second-order valence-electron chi connectivity index (χ2n) is 4.76. The van der Waals surface area contributed by atoms with Crippen LogP contribution in [0, 0.1) is 0 Å². The summed E-state index contributed by atoms with van der Waals surface area (Å²) >= 11 is 1.76. The standard InChI is InChI=1S/C14H22N4S/c1-5-7-15-10(3)13-8-16-14(19-13)11-9-18(4)17-12(11)6-2/h8-10,15H,5-7H2,1-4H3. The highest BCUT2D eigenvalue weighted by atomic mass is 32.1. The van der Waals surface area contributed by atoms with Gasteiger partial charge in [-0.05, 0) is 26.3 Å². The lowest BCUT2D eigenvalue weighted by Gasteiger charge is -2.09. The third-order valence-corrected chi connectivity index (χ3v) is 4.33. The van der Waals surface area contributed by atoms with E-state index < -0.39 is 0 Å². The molecule has 1 unspecified atom stereocenters. The molecule has 0 radical (unpaired) electrons. The molecule has 0 saturated heterocycles. The van der Waals surface area contributed by atoms with Crippen LogP contribution < -0.4 is 5.32 Å². The molecule has 2 heterocycles. The summed E-state index contributed by atoms with van der Waals surface area (Å²) in [7, 11) is 1.96. The predicted octanol–water partition coefficient (Wildman–Crippen LogP) is 3.17. The molecule has 5 heteroatoms. The topological polar surface area (TPSA) is 42.7 Å². The molecule has 0 aliphatic heterocycles. The molecule has 104 valence electrons. The molecule has 2 aromatic rings. The Bertz CT molecular complexity index is 529. The molecular weight excluding hydrogens is 256 g/mol. The van der Waals surface area contributed by atoms with Crippen LogP contribution in [0.15, 0.2) is 12.4 Å². The van der Waals surface area contributed by atoms with E-state index in [1.165, 1.54) is 10.4 Å². The zero-order valence-electron chi connectivity index (χ0n) is 12.1. The van der Waals surface area contributed by atoms with E-state index in [9.17, 15) is 0 Å². The van der Waals surface area contributed by atoms with Crippen molar-refractivity contribution in [3.8, 4) is 10.6 Å². The summed E-state index contributed by atoms with van der Waals surface area (Å²) in [5.41, 5.74) is 2.29. The Balaban J connectivity index is 2.20. The molecule has 1 N–H and O–H groups in total. The van der Waals surface area contributed by atoms with Gasteiger partial charge in [-0.3, -0.25) is 4.68 Å². The van der Waals surface area contributed by atoms with Crippen LogP contribution in [-0.2, 0) is 13.5 Å². The number of aryl methyl sites for hydroxylation is 2. The van der Waals surface area contributed by atoms with Crippen LogP contribution in [0.25, 0.3) is 10.6 Å². The van der Waals surface area contributed by atoms with Crippen molar-refractivity contribution in [1.29, 1.82) is 0 Å². The summed E-state index contributed by atoms with van der Waals surface area (Å²) in [6.45, 7) is 7.55. The molecule has 19 heavy (non-hydrogen) atoms. The van der Waals surface area contributed by atoms with Crippen molar-refractivity contribution in [2.24, 2.45) is 7.05 Å². The first-order valence-electron chi connectivity index (χ1n) is 6.87. The first-order valence-corrected chi connectivity index (χ1v) is 7.69. The normalized spacial score (nSPS) is 12.8. The summed E-state index contributed by atoms with van der Waals surface area (Å²) < 4.78 is 1.87.